The highest BCUT2D eigenvalue weighted by atomic mass is 32.1. The fourth-order valence-corrected chi connectivity index (χ4v) is 2.54. The number of nitrogens with two attached hydrogens (primary N) is 1. The van der Waals surface area contributed by atoms with Crippen molar-refractivity contribution in [3.05, 3.63) is 15.6 Å². The highest BCUT2D eigenvalue weighted by Gasteiger charge is 2.08. The zero-order valence-corrected chi connectivity index (χ0v) is 10.4. The Hall–Kier alpha value is -0.450. The molecule has 0 saturated carbocycles. The van der Waals surface area contributed by atoms with Gasteiger partial charge in [-0.05, 0) is 12.8 Å². The molecule has 3 nitrogen and oxygen atoms in total. The fraction of sp³-hybridized carbons (Fsp3) is 0.727. The second-order valence-electron chi connectivity index (χ2n) is 3.53. The van der Waals surface area contributed by atoms with Gasteiger partial charge in [-0.1, -0.05) is 13.3 Å². The topological polar surface area (TPSA) is 48.1 Å². The maximum Gasteiger partial charge on any atom is 0.0932 e. The van der Waals surface area contributed by atoms with Crippen LogP contribution < -0.4 is 5.73 Å². The smallest absolute Gasteiger partial charge is 0.0932 e. The van der Waals surface area contributed by atoms with Gasteiger partial charge in [0.2, 0.25) is 0 Å². The van der Waals surface area contributed by atoms with E-state index in [1.807, 2.05) is 0 Å². The van der Waals surface area contributed by atoms with E-state index >= 15 is 0 Å². The van der Waals surface area contributed by atoms with E-state index < -0.39 is 0 Å². The lowest BCUT2D eigenvalue weighted by Gasteiger charge is -1.95. The standard InChI is InChI=1S/C11H20N2OS/c1-3-5-9-10(8-12)15-11(13-9)6-4-7-14-2/h3-8,12H2,1-2H3. The summed E-state index contributed by atoms with van der Waals surface area (Å²) in [7, 11) is 1.73. The Morgan fingerprint density at radius 2 is 2.20 bits per heavy atom. The molecule has 0 unspecified atom stereocenters. The van der Waals surface area contributed by atoms with Crippen molar-refractivity contribution in [3.63, 3.8) is 0 Å². The summed E-state index contributed by atoms with van der Waals surface area (Å²) in [5.41, 5.74) is 6.90. The molecule has 1 rings (SSSR count). The maximum absolute atomic E-state index is 5.69. The molecule has 0 aliphatic heterocycles. The van der Waals surface area contributed by atoms with Gasteiger partial charge in [0.25, 0.3) is 0 Å². The molecule has 0 radical (unpaired) electrons. The molecule has 4 heteroatoms. The molecule has 2 N–H and O–H groups in total. The highest BCUT2D eigenvalue weighted by molar-refractivity contribution is 7.11. The van der Waals surface area contributed by atoms with E-state index in [-0.39, 0.29) is 0 Å². The quantitative estimate of drug-likeness (QED) is 0.727. The van der Waals surface area contributed by atoms with E-state index in [0.717, 1.165) is 32.3 Å². The first-order chi connectivity index (χ1) is 7.31. The Bertz CT molecular complexity index is 286. The number of aryl methyl sites for hydroxylation is 2. The van der Waals surface area contributed by atoms with Gasteiger partial charge in [-0.25, -0.2) is 4.98 Å². The van der Waals surface area contributed by atoms with Crippen molar-refractivity contribution in [2.45, 2.75) is 39.2 Å². The van der Waals surface area contributed by atoms with Crippen LogP contribution in [0.1, 0.15) is 35.3 Å². The summed E-state index contributed by atoms with van der Waals surface area (Å²) in [5.74, 6) is 0. The van der Waals surface area contributed by atoms with Gasteiger partial charge in [0.05, 0.1) is 10.7 Å². The Morgan fingerprint density at radius 3 is 2.80 bits per heavy atom. The van der Waals surface area contributed by atoms with Crippen LogP contribution >= 0.6 is 11.3 Å². The van der Waals surface area contributed by atoms with E-state index in [0.29, 0.717) is 6.54 Å². The minimum atomic E-state index is 0.622. The number of thiazole rings is 1. The molecule has 0 spiro atoms. The van der Waals surface area contributed by atoms with Crippen LogP contribution in [0.2, 0.25) is 0 Å². The molecule has 1 heterocycles. The average Bonchev–Trinajstić information content (AvgIpc) is 2.62. The van der Waals surface area contributed by atoms with Crippen LogP contribution in [-0.4, -0.2) is 18.7 Å². The monoisotopic (exact) mass is 228 g/mol. The van der Waals surface area contributed by atoms with Gasteiger partial charge in [0, 0.05) is 31.6 Å². The molecule has 0 amide bonds. The molecular weight excluding hydrogens is 208 g/mol. The highest BCUT2D eigenvalue weighted by Crippen LogP contribution is 2.20. The number of rotatable bonds is 7. The summed E-state index contributed by atoms with van der Waals surface area (Å²) >= 11 is 1.76. The number of hydrogen-bond acceptors (Lipinski definition) is 4. The molecule has 0 aliphatic rings. The maximum atomic E-state index is 5.69. The lowest BCUT2D eigenvalue weighted by atomic mass is 10.2. The molecule has 0 aliphatic carbocycles. The van der Waals surface area contributed by atoms with E-state index in [4.69, 9.17) is 10.5 Å². The second-order valence-corrected chi connectivity index (χ2v) is 4.70. The van der Waals surface area contributed by atoms with Gasteiger partial charge >= 0.3 is 0 Å². The van der Waals surface area contributed by atoms with Crippen LogP contribution in [0.3, 0.4) is 0 Å². The van der Waals surface area contributed by atoms with E-state index in [1.165, 1.54) is 15.6 Å². The molecule has 0 bridgehead atoms. The molecule has 1 aromatic rings. The number of ether oxygens (including phenoxy) is 1. The molecule has 15 heavy (non-hydrogen) atoms. The SMILES string of the molecule is CCCc1nc(CCCOC)sc1CN. The van der Waals surface area contributed by atoms with Crippen molar-refractivity contribution in [1.29, 1.82) is 0 Å². The van der Waals surface area contributed by atoms with E-state index in [2.05, 4.69) is 11.9 Å². The van der Waals surface area contributed by atoms with Crippen LogP contribution in [-0.2, 0) is 24.1 Å². The van der Waals surface area contributed by atoms with E-state index in [9.17, 15) is 0 Å². The van der Waals surface area contributed by atoms with Crippen molar-refractivity contribution in [1.82, 2.24) is 4.98 Å². The predicted molar refractivity (Wildman–Crippen MR) is 64.2 cm³/mol. The minimum absolute atomic E-state index is 0.622. The Kier molecular flexibility index (Phi) is 5.83. The Morgan fingerprint density at radius 1 is 1.40 bits per heavy atom. The summed E-state index contributed by atoms with van der Waals surface area (Å²) in [6.45, 7) is 3.60. The average molecular weight is 228 g/mol. The summed E-state index contributed by atoms with van der Waals surface area (Å²) in [6, 6.07) is 0. The van der Waals surface area contributed by atoms with Crippen LogP contribution in [0.15, 0.2) is 0 Å². The molecule has 0 aromatic carbocycles. The fourth-order valence-electron chi connectivity index (χ4n) is 1.50. The summed E-state index contributed by atoms with van der Waals surface area (Å²) in [4.78, 5) is 5.88. The zero-order chi connectivity index (χ0) is 11.1. The van der Waals surface area contributed by atoms with Gasteiger partial charge in [0.15, 0.2) is 0 Å². The summed E-state index contributed by atoms with van der Waals surface area (Å²) in [6.07, 6.45) is 4.23. The van der Waals surface area contributed by atoms with Gasteiger partial charge < -0.3 is 10.5 Å². The third kappa shape index (κ3) is 3.89. The van der Waals surface area contributed by atoms with Crippen LogP contribution in [0.4, 0.5) is 0 Å². The first kappa shape index (κ1) is 12.6. The van der Waals surface area contributed by atoms with Crippen LogP contribution in [0, 0.1) is 0 Å². The van der Waals surface area contributed by atoms with E-state index in [1.54, 1.807) is 18.4 Å². The number of aromatic nitrogens is 1. The Balaban J connectivity index is 2.57. The van der Waals surface area contributed by atoms with Crippen molar-refractivity contribution in [2.75, 3.05) is 13.7 Å². The molecular formula is C11H20N2OS. The van der Waals surface area contributed by atoms with Gasteiger partial charge in [-0.15, -0.1) is 11.3 Å². The number of nitrogens with zero attached hydrogens (tertiary/aromatic N) is 1. The minimum Gasteiger partial charge on any atom is -0.385 e. The van der Waals surface area contributed by atoms with Crippen molar-refractivity contribution < 1.29 is 4.74 Å². The van der Waals surface area contributed by atoms with Crippen molar-refractivity contribution >= 4 is 11.3 Å². The third-order valence-electron chi connectivity index (χ3n) is 2.23. The number of hydrogen-bond donors (Lipinski definition) is 1. The van der Waals surface area contributed by atoms with Gasteiger partial charge in [-0.2, -0.15) is 0 Å². The first-order valence-electron chi connectivity index (χ1n) is 5.48. The number of methoxy groups -OCH3 is 1. The first-order valence-corrected chi connectivity index (χ1v) is 6.29. The molecule has 0 saturated heterocycles. The predicted octanol–water partition coefficient (Wildman–Crippen LogP) is 2.13. The third-order valence-corrected chi connectivity index (χ3v) is 3.41. The molecule has 0 atom stereocenters. The molecule has 86 valence electrons. The van der Waals surface area contributed by atoms with Crippen molar-refractivity contribution in [2.24, 2.45) is 5.73 Å². The van der Waals surface area contributed by atoms with Crippen LogP contribution in [0.5, 0.6) is 0 Å². The second kappa shape index (κ2) is 6.93. The van der Waals surface area contributed by atoms with Gasteiger partial charge in [-0.3, -0.25) is 0 Å². The van der Waals surface area contributed by atoms with Gasteiger partial charge in [0.1, 0.15) is 0 Å². The van der Waals surface area contributed by atoms with Crippen LogP contribution in [0.25, 0.3) is 0 Å². The Labute approximate surface area is 95.7 Å². The normalized spacial score (nSPS) is 10.9. The zero-order valence-electron chi connectivity index (χ0n) is 9.58. The summed E-state index contributed by atoms with van der Waals surface area (Å²) < 4.78 is 5.03. The lowest BCUT2D eigenvalue weighted by Crippen LogP contribution is -1.98. The molecule has 1 aromatic heterocycles. The van der Waals surface area contributed by atoms with Crippen molar-refractivity contribution in [3.8, 4) is 0 Å². The molecule has 0 fully saturated rings. The summed E-state index contributed by atoms with van der Waals surface area (Å²) in [5, 5.41) is 1.20. The lowest BCUT2D eigenvalue weighted by molar-refractivity contribution is 0.195. The largest absolute Gasteiger partial charge is 0.385 e.